The number of hydrogen-bond acceptors (Lipinski definition) is 5. The maximum absolute atomic E-state index is 11.8. The number of fused-ring (bicyclic) bond motifs is 1. The number of nitrogens with zero attached hydrogens (tertiary/aromatic N) is 3. The molecular weight excluding hydrogens is 410 g/mol. The molecule has 2 aromatic carbocycles. The second-order valence-electron chi connectivity index (χ2n) is 6.32. The zero-order valence-electron chi connectivity index (χ0n) is 15.4. The third kappa shape index (κ3) is 4.21. The number of carbonyl (C=O) groups is 1. The van der Waals surface area contributed by atoms with Crippen LogP contribution in [0.3, 0.4) is 0 Å². The average molecular weight is 426 g/mol. The highest BCUT2D eigenvalue weighted by molar-refractivity contribution is 8.03. The Bertz CT molecular complexity index is 1230. The molecule has 0 fully saturated rings. The molecular formula is C21H16ClN3O3S. The van der Waals surface area contributed by atoms with E-state index in [2.05, 4.69) is 14.8 Å². The van der Waals surface area contributed by atoms with Crippen LogP contribution in [-0.2, 0) is 11.3 Å². The summed E-state index contributed by atoms with van der Waals surface area (Å²) < 4.78 is 7.36. The number of thioether (sulfide) groups is 1. The molecule has 0 radical (unpaired) electrons. The summed E-state index contributed by atoms with van der Waals surface area (Å²) in [6.45, 7) is 2.23. The van der Waals surface area contributed by atoms with Gasteiger partial charge >= 0.3 is 5.97 Å². The fourth-order valence-corrected chi connectivity index (χ4v) is 3.92. The van der Waals surface area contributed by atoms with Crippen LogP contribution < -0.4 is 0 Å². The van der Waals surface area contributed by atoms with Crippen molar-refractivity contribution in [2.24, 2.45) is 0 Å². The molecule has 2 heterocycles. The minimum Gasteiger partial charge on any atom is -0.477 e. The molecule has 2 aromatic heterocycles. The van der Waals surface area contributed by atoms with Crippen molar-refractivity contribution in [2.45, 2.75) is 18.7 Å². The number of carboxylic acid groups (broad SMARTS) is 1. The van der Waals surface area contributed by atoms with Crippen molar-refractivity contribution in [1.29, 1.82) is 0 Å². The molecule has 0 bridgehead atoms. The molecule has 6 nitrogen and oxygen atoms in total. The Labute approximate surface area is 175 Å². The lowest BCUT2D eigenvalue weighted by atomic mass is 10.1. The van der Waals surface area contributed by atoms with Crippen LogP contribution in [0.2, 0.25) is 5.02 Å². The zero-order valence-corrected chi connectivity index (χ0v) is 16.9. The molecule has 8 heteroatoms. The number of hydrogen-bond donors (Lipinski definition) is 1. The lowest BCUT2D eigenvalue weighted by Crippen LogP contribution is -1.98. The molecule has 0 aliphatic heterocycles. The van der Waals surface area contributed by atoms with Gasteiger partial charge in [0.2, 0.25) is 5.89 Å². The molecule has 146 valence electrons. The van der Waals surface area contributed by atoms with Crippen LogP contribution in [-0.4, -0.2) is 25.8 Å². The van der Waals surface area contributed by atoms with E-state index in [1.165, 1.54) is 0 Å². The lowest BCUT2D eigenvalue weighted by molar-refractivity contribution is -0.131. The lowest BCUT2D eigenvalue weighted by Gasteiger charge is -2.07. The maximum atomic E-state index is 11.8. The van der Waals surface area contributed by atoms with E-state index in [4.69, 9.17) is 16.0 Å². The summed E-state index contributed by atoms with van der Waals surface area (Å²) in [7, 11) is 0. The number of aromatic nitrogens is 3. The SMILES string of the molecule is Cc1nnc(S/C(=C\c2cn(Cc3ccccc3Cl)c3ccccc23)C(=O)O)o1. The van der Waals surface area contributed by atoms with Crippen molar-refractivity contribution in [2.75, 3.05) is 0 Å². The quantitative estimate of drug-likeness (QED) is 0.335. The molecule has 1 N–H and O–H groups in total. The summed E-state index contributed by atoms with van der Waals surface area (Å²) in [6, 6.07) is 15.5. The van der Waals surface area contributed by atoms with E-state index < -0.39 is 5.97 Å². The first-order valence-corrected chi connectivity index (χ1v) is 9.95. The second-order valence-corrected chi connectivity index (χ2v) is 7.72. The first-order valence-electron chi connectivity index (χ1n) is 8.75. The molecule has 0 saturated heterocycles. The van der Waals surface area contributed by atoms with Crippen molar-refractivity contribution in [3.8, 4) is 0 Å². The molecule has 0 amide bonds. The number of rotatable bonds is 6. The van der Waals surface area contributed by atoms with Crippen LogP contribution in [0, 0.1) is 6.92 Å². The van der Waals surface area contributed by atoms with Gasteiger partial charge in [-0.25, -0.2) is 4.79 Å². The molecule has 0 unspecified atom stereocenters. The molecule has 0 atom stereocenters. The molecule has 29 heavy (non-hydrogen) atoms. The van der Waals surface area contributed by atoms with E-state index in [9.17, 15) is 9.90 Å². The van der Waals surface area contributed by atoms with Gasteiger partial charge < -0.3 is 14.1 Å². The van der Waals surface area contributed by atoms with Crippen molar-refractivity contribution in [3.05, 3.63) is 81.7 Å². The minimum atomic E-state index is -1.06. The standard InChI is InChI=1S/C21H16ClN3O3S/c1-13-23-24-21(28-13)29-19(20(26)27)10-15-12-25(18-9-5-3-7-16(15)18)11-14-6-2-4-8-17(14)22/h2-10,12H,11H2,1H3,(H,26,27)/b19-10-. The highest BCUT2D eigenvalue weighted by Crippen LogP contribution is 2.31. The van der Waals surface area contributed by atoms with Gasteiger partial charge in [0.25, 0.3) is 5.22 Å². The van der Waals surface area contributed by atoms with Crippen LogP contribution in [0.25, 0.3) is 17.0 Å². The van der Waals surface area contributed by atoms with Gasteiger partial charge in [0.15, 0.2) is 0 Å². The van der Waals surface area contributed by atoms with Gasteiger partial charge in [0.05, 0.1) is 0 Å². The summed E-state index contributed by atoms with van der Waals surface area (Å²) in [5, 5.41) is 19.1. The van der Waals surface area contributed by atoms with E-state index in [1.807, 2.05) is 54.7 Å². The summed E-state index contributed by atoms with van der Waals surface area (Å²) in [4.78, 5) is 11.9. The van der Waals surface area contributed by atoms with Crippen molar-refractivity contribution in [1.82, 2.24) is 14.8 Å². The van der Waals surface area contributed by atoms with Gasteiger partial charge in [0, 0.05) is 41.2 Å². The van der Waals surface area contributed by atoms with Crippen molar-refractivity contribution in [3.63, 3.8) is 0 Å². The number of para-hydroxylation sites is 1. The van der Waals surface area contributed by atoms with Gasteiger partial charge in [-0.1, -0.05) is 48.0 Å². The highest BCUT2D eigenvalue weighted by atomic mass is 35.5. The Morgan fingerprint density at radius 3 is 2.69 bits per heavy atom. The van der Waals surface area contributed by atoms with Crippen LogP contribution in [0.4, 0.5) is 0 Å². The number of benzene rings is 2. The predicted molar refractivity (Wildman–Crippen MR) is 113 cm³/mol. The van der Waals surface area contributed by atoms with Crippen molar-refractivity contribution < 1.29 is 14.3 Å². The highest BCUT2D eigenvalue weighted by Gasteiger charge is 2.16. The topological polar surface area (TPSA) is 81.2 Å². The first kappa shape index (κ1) is 19.3. The third-order valence-electron chi connectivity index (χ3n) is 4.32. The van der Waals surface area contributed by atoms with E-state index in [-0.39, 0.29) is 10.1 Å². The molecule has 0 aliphatic rings. The Morgan fingerprint density at radius 2 is 1.97 bits per heavy atom. The maximum Gasteiger partial charge on any atom is 0.342 e. The number of halogens is 1. The Kier molecular flexibility index (Phi) is 5.42. The third-order valence-corrected chi connectivity index (χ3v) is 5.54. The van der Waals surface area contributed by atoms with Crippen LogP contribution in [0.15, 0.2) is 69.3 Å². The number of aryl methyl sites for hydroxylation is 1. The van der Waals surface area contributed by atoms with Crippen LogP contribution in [0.1, 0.15) is 17.0 Å². The zero-order chi connectivity index (χ0) is 20.4. The minimum absolute atomic E-state index is 0.0919. The fraction of sp³-hybridized carbons (Fsp3) is 0.0952. The Balaban J connectivity index is 1.75. The van der Waals surface area contributed by atoms with Gasteiger partial charge in [0.1, 0.15) is 4.91 Å². The van der Waals surface area contributed by atoms with E-state index in [0.717, 1.165) is 33.8 Å². The van der Waals surface area contributed by atoms with Gasteiger partial charge in [-0.05, 0) is 35.5 Å². The molecule has 4 rings (SSSR count). The summed E-state index contributed by atoms with van der Waals surface area (Å²) in [6.07, 6.45) is 3.55. The smallest absolute Gasteiger partial charge is 0.342 e. The number of carboxylic acids is 1. The summed E-state index contributed by atoms with van der Waals surface area (Å²) >= 11 is 7.25. The monoisotopic (exact) mass is 425 g/mol. The summed E-state index contributed by atoms with van der Waals surface area (Å²) in [5.74, 6) is -0.678. The van der Waals surface area contributed by atoms with Gasteiger partial charge in [-0.2, -0.15) is 0 Å². The second kappa shape index (κ2) is 8.14. The summed E-state index contributed by atoms with van der Waals surface area (Å²) in [5.41, 5.74) is 2.76. The fourth-order valence-electron chi connectivity index (χ4n) is 3.02. The van der Waals surface area contributed by atoms with Gasteiger partial charge in [-0.3, -0.25) is 0 Å². The average Bonchev–Trinajstić information content (AvgIpc) is 3.27. The molecule has 0 spiro atoms. The Hall–Kier alpha value is -3.03. The predicted octanol–water partition coefficient (Wildman–Crippen LogP) is 5.25. The van der Waals surface area contributed by atoms with E-state index >= 15 is 0 Å². The van der Waals surface area contributed by atoms with Crippen molar-refractivity contribution >= 4 is 46.3 Å². The van der Waals surface area contributed by atoms with Crippen LogP contribution >= 0.6 is 23.4 Å². The molecule has 0 saturated carbocycles. The molecule has 4 aromatic rings. The largest absolute Gasteiger partial charge is 0.477 e. The van der Waals surface area contributed by atoms with Gasteiger partial charge in [-0.15, -0.1) is 10.2 Å². The Morgan fingerprint density at radius 1 is 1.21 bits per heavy atom. The first-order chi connectivity index (χ1) is 14.0. The van der Waals surface area contributed by atoms with E-state index in [1.54, 1.807) is 13.0 Å². The molecule has 0 aliphatic carbocycles. The van der Waals surface area contributed by atoms with Crippen LogP contribution in [0.5, 0.6) is 0 Å². The number of aliphatic carboxylic acids is 1. The van der Waals surface area contributed by atoms with E-state index in [0.29, 0.717) is 17.5 Å². The normalized spacial score (nSPS) is 11.9.